The van der Waals surface area contributed by atoms with Crippen molar-refractivity contribution in [2.75, 3.05) is 62.6 Å². The average Bonchev–Trinajstić information content (AvgIpc) is 3.80. The molecule has 4 aromatic rings. The summed E-state index contributed by atoms with van der Waals surface area (Å²) in [5.41, 5.74) is 4.22. The zero-order valence-corrected chi connectivity index (χ0v) is 32.7. The molecule has 3 aromatic carbocycles. The van der Waals surface area contributed by atoms with E-state index in [0.717, 1.165) is 27.7 Å². The molecule has 0 bridgehead atoms. The van der Waals surface area contributed by atoms with Gasteiger partial charge in [0.2, 0.25) is 17.7 Å². The van der Waals surface area contributed by atoms with E-state index in [0.29, 0.717) is 62.6 Å². The molecule has 0 aliphatic carbocycles. The maximum atomic E-state index is 16.1. The number of aromatic amines is 1. The summed E-state index contributed by atoms with van der Waals surface area (Å²) in [5, 5.41) is 13.3. The summed E-state index contributed by atoms with van der Waals surface area (Å²) >= 11 is 0. The van der Waals surface area contributed by atoms with Gasteiger partial charge in [-0.2, -0.15) is 5.10 Å². The number of halogens is 4. The van der Waals surface area contributed by atoms with Crippen LogP contribution in [0.15, 0.2) is 42.6 Å². The molecule has 0 saturated carbocycles. The Balaban J connectivity index is 0.759. The second kappa shape index (κ2) is 14.8. The third kappa shape index (κ3) is 6.60. The molecule has 1 aromatic heterocycles. The number of nitrogens with zero attached hydrogens (tertiary/aromatic N) is 6. The molecule has 10 rings (SSSR count). The number of nitrogens with one attached hydrogen (secondary N) is 3. The smallest absolute Gasteiger partial charge is 0.255 e. The van der Waals surface area contributed by atoms with Gasteiger partial charge in [-0.25, -0.2) is 17.6 Å². The number of hydrogen-bond acceptors (Lipinski definition) is 10. The number of amides is 4. The van der Waals surface area contributed by atoms with Gasteiger partial charge in [-0.05, 0) is 66.8 Å². The third-order valence-electron chi connectivity index (χ3n) is 13.0. The molecule has 4 amide bonds. The van der Waals surface area contributed by atoms with E-state index in [2.05, 4.69) is 30.6 Å². The van der Waals surface area contributed by atoms with Crippen LogP contribution in [0.1, 0.15) is 58.4 Å². The normalized spacial score (nSPS) is 24.5. The topological polar surface area (TPSA) is 146 Å². The first-order valence-electron chi connectivity index (χ1n) is 20.4. The van der Waals surface area contributed by atoms with Gasteiger partial charge >= 0.3 is 0 Å². The lowest BCUT2D eigenvalue weighted by Crippen LogP contribution is -2.62. The predicted molar refractivity (Wildman–Crippen MR) is 210 cm³/mol. The van der Waals surface area contributed by atoms with Crippen molar-refractivity contribution >= 4 is 45.9 Å². The van der Waals surface area contributed by atoms with Crippen LogP contribution in [0.2, 0.25) is 0 Å². The second-order valence-electron chi connectivity index (χ2n) is 16.8. The lowest BCUT2D eigenvalue weighted by Gasteiger charge is -2.46. The molecule has 6 aliphatic rings. The highest BCUT2D eigenvalue weighted by atomic mass is 19.3. The molecule has 3 N–H and O–H groups in total. The number of ether oxygens (including phenoxy) is 1. The van der Waals surface area contributed by atoms with Gasteiger partial charge < -0.3 is 24.8 Å². The molecule has 3 fully saturated rings. The number of piperazine rings is 1. The Hall–Kier alpha value is -5.75. The fourth-order valence-corrected chi connectivity index (χ4v) is 10.0. The van der Waals surface area contributed by atoms with E-state index >= 15 is 8.78 Å². The highest BCUT2D eigenvalue weighted by Crippen LogP contribution is 2.44. The van der Waals surface area contributed by atoms with E-state index in [9.17, 15) is 28.0 Å². The molecular weight excluding hydrogens is 787 g/mol. The maximum Gasteiger partial charge on any atom is 0.255 e. The van der Waals surface area contributed by atoms with E-state index in [4.69, 9.17) is 4.74 Å². The third-order valence-corrected chi connectivity index (χ3v) is 13.0. The Morgan fingerprint density at radius 1 is 1.03 bits per heavy atom. The van der Waals surface area contributed by atoms with E-state index in [-0.39, 0.29) is 67.0 Å². The van der Waals surface area contributed by atoms with Crippen LogP contribution in [-0.4, -0.2) is 136 Å². The quantitative estimate of drug-likeness (QED) is 0.179. The van der Waals surface area contributed by atoms with Crippen LogP contribution < -0.4 is 20.3 Å². The maximum absolute atomic E-state index is 16.1. The first-order chi connectivity index (χ1) is 28.9. The molecule has 0 spiro atoms. The Morgan fingerprint density at radius 2 is 1.83 bits per heavy atom. The molecule has 60 heavy (non-hydrogen) atoms. The van der Waals surface area contributed by atoms with E-state index in [1.54, 1.807) is 36.2 Å². The number of H-pyrrole nitrogens is 1. The van der Waals surface area contributed by atoms with Crippen LogP contribution in [-0.2, 0) is 27.3 Å². The first kappa shape index (κ1) is 38.5. The van der Waals surface area contributed by atoms with Crippen molar-refractivity contribution in [2.45, 2.75) is 69.4 Å². The Labute approximate surface area is 341 Å². The van der Waals surface area contributed by atoms with E-state index < -0.39 is 48.6 Å². The summed E-state index contributed by atoms with van der Waals surface area (Å²) in [6.45, 7) is 4.50. The Morgan fingerprint density at radius 3 is 2.60 bits per heavy atom. The number of carbonyl (C=O) groups excluding carboxylic acids is 4. The summed E-state index contributed by atoms with van der Waals surface area (Å²) in [6.07, 6.45) is -0.161. The van der Waals surface area contributed by atoms with Crippen molar-refractivity contribution < 1.29 is 41.5 Å². The fourth-order valence-electron chi connectivity index (χ4n) is 10.0. The average molecular weight is 830 g/mol. The number of piperidine rings is 1. The second-order valence-corrected chi connectivity index (χ2v) is 16.8. The summed E-state index contributed by atoms with van der Waals surface area (Å²) in [6, 6.07) is 7.12. The van der Waals surface area contributed by atoms with E-state index in [1.165, 1.54) is 21.9 Å². The number of hydrogen-bond donors (Lipinski definition) is 3. The predicted octanol–water partition coefficient (Wildman–Crippen LogP) is 3.41. The lowest BCUT2D eigenvalue weighted by atomic mass is 9.83. The summed E-state index contributed by atoms with van der Waals surface area (Å²) in [5.74, 6) is -2.21. The number of carbonyl (C=O) groups is 4. The number of aromatic nitrogens is 2. The molecular formula is C42H43F4N9O5. The molecule has 18 heteroatoms. The Bertz CT molecular complexity index is 2420. The van der Waals surface area contributed by atoms with Crippen LogP contribution in [0, 0.1) is 11.6 Å². The van der Waals surface area contributed by atoms with Crippen molar-refractivity contribution in [1.82, 2.24) is 35.1 Å². The minimum Gasteiger partial charge on any atom is -0.489 e. The zero-order valence-electron chi connectivity index (χ0n) is 32.7. The summed E-state index contributed by atoms with van der Waals surface area (Å²) < 4.78 is 66.0. The van der Waals surface area contributed by atoms with E-state index in [1.807, 2.05) is 6.07 Å². The number of rotatable bonds is 8. The van der Waals surface area contributed by atoms with Gasteiger partial charge in [0.25, 0.3) is 12.3 Å². The Kier molecular flexibility index (Phi) is 9.46. The minimum atomic E-state index is -2.70. The van der Waals surface area contributed by atoms with Gasteiger partial charge in [0, 0.05) is 73.9 Å². The highest BCUT2D eigenvalue weighted by molar-refractivity contribution is 6.06. The molecule has 3 saturated heterocycles. The van der Waals surface area contributed by atoms with Crippen LogP contribution in [0.25, 0.3) is 10.9 Å². The molecule has 1 unspecified atom stereocenters. The fraction of sp³-hybridized carbons (Fsp3) is 0.452. The van der Waals surface area contributed by atoms with Crippen molar-refractivity contribution in [1.29, 1.82) is 0 Å². The zero-order chi connectivity index (χ0) is 41.6. The van der Waals surface area contributed by atoms with Crippen molar-refractivity contribution in [3.05, 3.63) is 82.0 Å². The van der Waals surface area contributed by atoms with Crippen molar-refractivity contribution in [3.8, 4) is 5.75 Å². The van der Waals surface area contributed by atoms with Crippen LogP contribution in [0.4, 0.5) is 28.9 Å². The monoisotopic (exact) mass is 829 g/mol. The number of likely N-dealkylation sites (tertiary alicyclic amines) is 1. The van der Waals surface area contributed by atoms with Crippen LogP contribution in [0.5, 0.6) is 5.75 Å². The van der Waals surface area contributed by atoms with Gasteiger partial charge in [0.1, 0.15) is 30.0 Å². The minimum absolute atomic E-state index is 0.0292. The summed E-state index contributed by atoms with van der Waals surface area (Å²) in [4.78, 5) is 59.9. The molecule has 4 atom stereocenters. The van der Waals surface area contributed by atoms with Gasteiger partial charge in [0.15, 0.2) is 0 Å². The van der Waals surface area contributed by atoms with Crippen molar-refractivity contribution in [2.24, 2.45) is 0 Å². The first-order valence-corrected chi connectivity index (χ1v) is 20.4. The standard InChI is InChI=1S/C42H43F4N9O5/c1-21-8-28-26(2-3-32-29(28)13-47-50-32)40(54(21)18-36(45)46)39-30(43)10-23(11-31(39)44)48-24-15-52(16-24)38(57)19-51-6-7-53-25(17-51)20-60-35-12-27-22(9-34(35)53)14-55(42(27)59)33-4-5-37(56)49-41(33)58/h2-3,9-13,21,24-25,33,36,40,48H,4-8,14-20H2,1H3,(H,47,50)(H,49,56,58)/t21-,25+,33?,40+/m1/s1. The summed E-state index contributed by atoms with van der Waals surface area (Å²) in [7, 11) is 0. The number of benzene rings is 3. The number of imide groups is 1. The van der Waals surface area contributed by atoms with Crippen LogP contribution >= 0.6 is 0 Å². The highest BCUT2D eigenvalue weighted by Gasteiger charge is 2.43. The van der Waals surface area contributed by atoms with Crippen molar-refractivity contribution in [3.63, 3.8) is 0 Å². The molecule has 314 valence electrons. The van der Waals surface area contributed by atoms with Gasteiger partial charge in [0.05, 0.1) is 48.6 Å². The largest absolute Gasteiger partial charge is 0.489 e. The molecule has 7 heterocycles. The molecule has 0 radical (unpaired) electrons. The van der Waals surface area contributed by atoms with Crippen LogP contribution in [0.3, 0.4) is 0 Å². The van der Waals surface area contributed by atoms with Gasteiger partial charge in [-0.15, -0.1) is 0 Å². The lowest BCUT2D eigenvalue weighted by molar-refractivity contribution is -0.137. The van der Waals surface area contributed by atoms with Gasteiger partial charge in [-0.1, -0.05) is 6.07 Å². The van der Waals surface area contributed by atoms with Gasteiger partial charge in [-0.3, -0.25) is 39.4 Å². The SMILES string of the molecule is C[C@@H]1Cc2c(ccc3[nH]ncc23)[C@@H](c2c(F)cc(NC3CN(C(=O)CN4CCN5c6cc7c(cc6OC[C@@H]5C4)C(=O)N(C4CCC(=O)NC4=O)C7)C3)cc2F)N1CC(F)F. The molecule has 6 aliphatic heterocycles. The number of anilines is 2. The number of alkyl halides is 2. The molecule has 14 nitrogen and oxygen atoms in total. The number of fused-ring (bicyclic) bond motifs is 7.